The lowest BCUT2D eigenvalue weighted by Gasteiger charge is -2.32. The van der Waals surface area contributed by atoms with Gasteiger partial charge in [0.05, 0.1) is 28.4 Å². The van der Waals surface area contributed by atoms with Crippen molar-refractivity contribution in [3.63, 3.8) is 0 Å². The minimum absolute atomic E-state index is 0.140. The highest BCUT2D eigenvalue weighted by atomic mass is 35.5. The second-order valence-electron chi connectivity index (χ2n) is 9.50. The van der Waals surface area contributed by atoms with Crippen LogP contribution in [0.3, 0.4) is 0 Å². The first-order chi connectivity index (χ1) is 18.9. The quantitative estimate of drug-likeness (QED) is 0.265. The van der Waals surface area contributed by atoms with Crippen molar-refractivity contribution in [3.8, 4) is 11.8 Å². The zero-order valence-electron chi connectivity index (χ0n) is 21.8. The molecule has 4 aromatic rings. The largest absolute Gasteiger partial charge is 0.490 e. The maximum absolute atomic E-state index is 14.9. The van der Waals surface area contributed by atoms with Crippen molar-refractivity contribution in [2.75, 3.05) is 51.7 Å². The molecular weight excluding hydrogens is 537 g/mol. The molecule has 8 nitrogen and oxygen atoms in total. The molecule has 0 bridgehead atoms. The second-order valence-corrected chi connectivity index (χ2v) is 10.9. The first kappa shape index (κ1) is 27.2. The molecule has 2 aromatic carbocycles. The van der Waals surface area contributed by atoms with Gasteiger partial charge in [0.1, 0.15) is 6.07 Å². The van der Waals surface area contributed by atoms with E-state index in [-0.39, 0.29) is 5.75 Å². The lowest BCUT2D eigenvalue weighted by Crippen LogP contribution is -2.44. The Morgan fingerprint density at radius 3 is 2.69 bits per heavy atom. The van der Waals surface area contributed by atoms with Gasteiger partial charge in [0, 0.05) is 80.4 Å². The Hall–Kier alpha value is -3.36. The Morgan fingerprint density at radius 1 is 1.15 bits per heavy atom. The molecule has 1 aliphatic rings. The van der Waals surface area contributed by atoms with Gasteiger partial charge in [-0.3, -0.25) is 4.98 Å². The van der Waals surface area contributed by atoms with Gasteiger partial charge in [-0.15, -0.1) is 0 Å². The van der Waals surface area contributed by atoms with E-state index in [0.29, 0.717) is 39.5 Å². The number of nitriles is 1. The van der Waals surface area contributed by atoms with Crippen LogP contribution in [0.1, 0.15) is 12.0 Å². The number of hydrogen-bond acceptors (Lipinski definition) is 8. The molecule has 39 heavy (non-hydrogen) atoms. The Labute approximate surface area is 236 Å². The van der Waals surface area contributed by atoms with Crippen LogP contribution in [0.25, 0.3) is 10.9 Å². The molecule has 0 atom stereocenters. The van der Waals surface area contributed by atoms with E-state index in [2.05, 4.69) is 38.2 Å². The Kier molecular flexibility index (Phi) is 8.53. The zero-order valence-corrected chi connectivity index (χ0v) is 23.4. The molecule has 0 unspecified atom stereocenters. The molecule has 0 radical (unpaired) electrons. The number of rotatable bonds is 9. The van der Waals surface area contributed by atoms with E-state index >= 15 is 0 Å². The molecule has 0 amide bonds. The smallest absolute Gasteiger partial charge is 0.172 e. The summed E-state index contributed by atoms with van der Waals surface area (Å²) in [6.45, 7) is 5.48. The van der Waals surface area contributed by atoms with Crippen molar-refractivity contribution >= 4 is 45.6 Å². The third-order valence-electron chi connectivity index (χ3n) is 6.69. The van der Waals surface area contributed by atoms with E-state index in [1.165, 1.54) is 24.0 Å². The maximum atomic E-state index is 14.9. The van der Waals surface area contributed by atoms with Gasteiger partial charge in [-0.05, 0) is 37.7 Å². The number of halogens is 2. The highest BCUT2D eigenvalue weighted by Crippen LogP contribution is 2.37. The first-order valence-corrected chi connectivity index (χ1v) is 13.9. The summed E-state index contributed by atoms with van der Waals surface area (Å²) in [6.07, 6.45) is 5.84. The van der Waals surface area contributed by atoms with Crippen molar-refractivity contribution in [2.45, 2.75) is 16.5 Å². The predicted octanol–water partition coefficient (Wildman–Crippen LogP) is 5.54. The summed E-state index contributed by atoms with van der Waals surface area (Å²) in [6, 6.07) is 10.7. The minimum Gasteiger partial charge on any atom is -0.490 e. The minimum atomic E-state index is -0.482. The van der Waals surface area contributed by atoms with Crippen LogP contribution >= 0.6 is 23.4 Å². The summed E-state index contributed by atoms with van der Waals surface area (Å²) in [7, 11) is 4.05. The molecule has 3 heterocycles. The number of fused-ring (bicyclic) bond motifs is 1. The van der Waals surface area contributed by atoms with E-state index in [0.717, 1.165) is 49.2 Å². The Bertz CT molecular complexity index is 1510. The second kappa shape index (κ2) is 12.2. The normalized spacial score (nSPS) is 14.4. The van der Waals surface area contributed by atoms with Gasteiger partial charge >= 0.3 is 0 Å². The number of piperazine rings is 1. The van der Waals surface area contributed by atoms with Crippen molar-refractivity contribution in [1.82, 2.24) is 24.3 Å². The van der Waals surface area contributed by atoms with E-state index in [1.54, 1.807) is 18.3 Å². The summed E-state index contributed by atoms with van der Waals surface area (Å²) >= 11 is 8.05. The van der Waals surface area contributed by atoms with E-state index in [4.69, 9.17) is 16.3 Å². The summed E-state index contributed by atoms with van der Waals surface area (Å²) in [5.74, 6) is -0.343. The zero-order chi connectivity index (χ0) is 27.4. The molecule has 0 aliphatic carbocycles. The van der Waals surface area contributed by atoms with E-state index in [9.17, 15) is 9.65 Å². The number of aromatic nitrogens is 3. The fraction of sp³-hybridized carbons (Fsp3) is 0.321. The van der Waals surface area contributed by atoms with E-state index < -0.39 is 5.82 Å². The van der Waals surface area contributed by atoms with Crippen LogP contribution in [0.4, 0.5) is 15.8 Å². The number of pyridine rings is 1. The summed E-state index contributed by atoms with van der Waals surface area (Å²) < 4.78 is 22.6. The molecule has 1 aliphatic heterocycles. The highest BCUT2D eigenvalue weighted by Gasteiger charge is 2.16. The van der Waals surface area contributed by atoms with Crippen LogP contribution in [0, 0.1) is 17.1 Å². The predicted molar refractivity (Wildman–Crippen MR) is 153 cm³/mol. The molecule has 2 aromatic heterocycles. The average Bonchev–Trinajstić information content (AvgIpc) is 3.33. The fourth-order valence-electron chi connectivity index (χ4n) is 4.42. The van der Waals surface area contributed by atoms with Crippen LogP contribution in [0.5, 0.6) is 5.75 Å². The van der Waals surface area contributed by atoms with Crippen LogP contribution in [0.15, 0.2) is 59.0 Å². The third kappa shape index (κ3) is 6.45. The summed E-state index contributed by atoms with van der Waals surface area (Å²) in [4.78, 5) is 14.2. The van der Waals surface area contributed by atoms with Gasteiger partial charge in [-0.25, -0.2) is 9.37 Å². The number of nitrogens with zero attached hydrogens (tertiary/aromatic N) is 6. The first-order valence-electron chi connectivity index (χ1n) is 12.7. The number of aryl methyl sites for hydroxylation is 1. The van der Waals surface area contributed by atoms with Crippen LogP contribution in [0.2, 0.25) is 5.02 Å². The molecule has 0 saturated carbocycles. The van der Waals surface area contributed by atoms with Crippen LogP contribution in [-0.2, 0) is 7.05 Å². The van der Waals surface area contributed by atoms with Crippen molar-refractivity contribution in [3.05, 3.63) is 65.3 Å². The lowest BCUT2D eigenvalue weighted by molar-refractivity contribution is 0.145. The SMILES string of the molecule is CN1CCN(CCCOc2cc3c(Nc4ccc(Sc5nccn5C)c(Cl)c4)c(C#N)cnc3cc2F)CC1. The molecular formula is C28H29ClFN7OS. The lowest BCUT2D eigenvalue weighted by atomic mass is 10.1. The number of imidazole rings is 1. The standard InChI is InChI=1S/C28H29ClFN7OS/c1-35-9-11-37(12-10-35)7-3-13-38-25-15-21-24(16-23(25)30)33-18-19(17-31)27(21)34-20-4-5-26(22(29)14-20)39-28-32-6-8-36(28)2/h4-6,8,14-16,18H,3,7,9-13H2,1-2H3,(H,33,34). The Morgan fingerprint density at radius 2 is 1.97 bits per heavy atom. The molecule has 5 rings (SSSR count). The monoisotopic (exact) mass is 565 g/mol. The molecule has 11 heteroatoms. The summed E-state index contributed by atoms with van der Waals surface area (Å²) in [5.41, 5.74) is 1.96. The number of benzene rings is 2. The van der Waals surface area contributed by atoms with Gasteiger partial charge in [0.2, 0.25) is 0 Å². The fourth-order valence-corrected chi connectivity index (χ4v) is 5.52. The molecule has 1 N–H and O–H groups in total. The van der Waals surface area contributed by atoms with Crippen molar-refractivity contribution < 1.29 is 9.13 Å². The number of nitrogens with one attached hydrogen (secondary N) is 1. The van der Waals surface area contributed by atoms with Gasteiger partial charge in [-0.2, -0.15) is 5.26 Å². The van der Waals surface area contributed by atoms with Gasteiger partial charge in [-0.1, -0.05) is 23.4 Å². The molecule has 1 fully saturated rings. The van der Waals surface area contributed by atoms with Gasteiger partial charge in [0.25, 0.3) is 0 Å². The topological polar surface area (TPSA) is 82.2 Å². The summed E-state index contributed by atoms with van der Waals surface area (Å²) in [5, 5.41) is 15.0. The Balaban J connectivity index is 1.33. The average molecular weight is 566 g/mol. The highest BCUT2D eigenvalue weighted by molar-refractivity contribution is 7.99. The van der Waals surface area contributed by atoms with Gasteiger partial charge in [0.15, 0.2) is 16.7 Å². The van der Waals surface area contributed by atoms with E-state index in [1.807, 2.05) is 29.9 Å². The maximum Gasteiger partial charge on any atom is 0.172 e. The molecule has 0 spiro atoms. The third-order valence-corrected chi connectivity index (χ3v) is 8.27. The van der Waals surface area contributed by atoms with Crippen LogP contribution < -0.4 is 10.1 Å². The molecule has 202 valence electrons. The number of anilines is 2. The molecule has 1 saturated heterocycles. The van der Waals surface area contributed by atoms with Crippen molar-refractivity contribution in [1.29, 1.82) is 5.26 Å². The van der Waals surface area contributed by atoms with Gasteiger partial charge < -0.3 is 24.4 Å². The number of likely N-dealkylation sites (N-methyl/N-ethyl adjacent to an activating group) is 1. The number of hydrogen-bond donors (Lipinski definition) is 1. The van der Waals surface area contributed by atoms with Crippen LogP contribution in [-0.4, -0.2) is 70.7 Å². The number of ether oxygens (including phenoxy) is 1. The van der Waals surface area contributed by atoms with Crippen molar-refractivity contribution in [2.24, 2.45) is 7.05 Å².